The standard InChI is InChI=1S/C21H24N4O2S/c1-15-9-11-16(12-10-15)25-20(17-7-5-6-8-18(17)27-4)22-24(21(25)28)14-13-19(26)23(2)3/h5-12H,13-14H2,1-4H3. The fourth-order valence-electron chi connectivity index (χ4n) is 2.91. The van der Waals surface area contributed by atoms with Crippen molar-refractivity contribution in [2.45, 2.75) is 19.9 Å². The molecule has 3 rings (SSSR count). The average Bonchev–Trinajstić information content (AvgIpc) is 3.02. The van der Waals surface area contributed by atoms with Gasteiger partial charge in [0.2, 0.25) is 10.7 Å². The zero-order chi connectivity index (χ0) is 20.3. The van der Waals surface area contributed by atoms with E-state index in [1.54, 1.807) is 30.8 Å². The van der Waals surface area contributed by atoms with Gasteiger partial charge in [0.15, 0.2) is 5.82 Å². The van der Waals surface area contributed by atoms with Crippen LogP contribution in [0.1, 0.15) is 12.0 Å². The molecule has 0 spiro atoms. The third-order valence-corrected chi connectivity index (χ3v) is 4.91. The van der Waals surface area contributed by atoms with E-state index >= 15 is 0 Å². The first-order chi connectivity index (χ1) is 13.4. The van der Waals surface area contributed by atoms with Crippen LogP contribution in [-0.4, -0.2) is 46.4 Å². The van der Waals surface area contributed by atoms with Crippen LogP contribution in [0.25, 0.3) is 17.1 Å². The number of benzene rings is 2. The number of aromatic nitrogens is 3. The number of hydrogen-bond donors (Lipinski definition) is 0. The topological polar surface area (TPSA) is 52.3 Å². The first-order valence-electron chi connectivity index (χ1n) is 9.03. The molecule has 146 valence electrons. The van der Waals surface area contributed by atoms with Crippen molar-refractivity contribution in [3.05, 3.63) is 58.9 Å². The molecule has 6 nitrogen and oxygen atoms in total. The number of aryl methyl sites for hydroxylation is 2. The minimum Gasteiger partial charge on any atom is -0.496 e. The Hall–Kier alpha value is -2.93. The van der Waals surface area contributed by atoms with Crippen LogP contribution in [-0.2, 0) is 11.3 Å². The van der Waals surface area contributed by atoms with Crippen LogP contribution >= 0.6 is 12.2 Å². The number of ether oxygens (including phenoxy) is 1. The molecule has 0 fully saturated rings. The molecule has 0 N–H and O–H groups in total. The summed E-state index contributed by atoms with van der Waals surface area (Å²) >= 11 is 5.72. The lowest BCUT2D eigenvalue weighted by atomic mass is 10.1. The summed E-state index contributed by atoms with van der Waals surface area (Å²) in [6, 6.07) is 15.8. The van der Waals surface area contributed by atoms with Crippen molar-refractivity contribution in [1.29, 1.82) is 0 Å². The van der Waals surface area contributed by atoms with Gasteiger partial charge in [-0.3, -0.25) is 9.36 Å². The Bertz CT molecular complexity index is 1040. The summed E-state index contributed by atoms with van der Waals surface area (Å²) in [5.74, 6) is 1.43. The highest BCUT2D eigenvalue weighted by atomic mass is 32.1. The Morgan fingerprint density at radius 1 is 1.14 bits per heavy atom. The minimum atomic E-state index is 0.0330. The Kier molecular flexibility index (Phi) is 5.94. The third kappa shape index (κ3) is 3.99. The van der Waals surface area contributed by atoms with Crippen molar-refractivity contribution in [1.82, 2.24) is 19.2 Å². The summed E-state index contributed by atoms with van der Waals surface area (Å²) in [7, 11) is 5.12. The fourth-order valence-corrected chi connectivity index (χ4v) is 3.23. The molecule has 1 heterocycles. The maximum Gasteiger partial charge on any atom is 0.223 e. The van der Waals surface area contributed by atoms with Crippen LogP contribution in [0.5, 0.6) is 5.75 Å². The fraction of sp³-hybridized carbons (Fsp3) is 0.286. The Morgan fingerprint density at radius 3 is 2.46 bits per heavy atom. The lowest BCUT2D eigenvalue weighted by Crippen LogP contribution is -2.23. The molecule has 2 aromatic carbocycles. The number of methoxy groups -OCH3 is 1. The van der Waals surface area contributed by atoms with Gasteiger partial charge in [-0.15, -0.1) is 0 Å². The number of carbonyl (C=O) groups excluding carboxylic acids is 1. The maximum absolute atomic E-state index is 12.0. The van der Waals surface area contributed by atoms with E-state index in [-0.39, 0.29) is 5.91 Å². The van der Waals surface area contributed by atoms with E-state index in [9.17, 15) is 4.79 Å². The molecule has 0 unspecified atom stereocenters. The van der Waals surface area contributed by atoms with Crippen LogP contribution < -0.4 is 4.74 Å². The normalized spacial score (nSPS) is 10.7. The molecular formula is C21H24N4O2S. The van der Waals surface area contributed by atoms with Gasteiger partial charge in [0, 0.05) is 26.2 Å². The molecule has 1 amide bonds. The van der Waals surface area contributed by atoms with Gasteiger partial charge in [-0.05, 0) is 43.4 Å². The molecule has 3 aromatic rings. The van der Waals surface area contributed by atoms with Crippen LogP contribution in [0.15, 0.2) is 48.5 Å². The van der Waals surface area contributed by atoms with Crippen molar-refractivity contribution < 1.29 is 9.53 Å². The van der Waals surface area contributed by atoms with E-state index in [0.29, 0.717) is 29.3 Å². The van der Waals surface area contributed by atoms with Gasteiger partial charge < -0.3 is 9.64 Å². The predicted octanol–water partition coefficient (Wildman–Crippen LogP) is 3.87. The molecule has 0 saturated carbocycles. The van der Waals surface area contributed by atoms with Crippen LogP contribution in [0, 0.1) is 11.7 Å². The lowest BCUT2D eigenvalue weighted by molar-refractivity contribution is -0.128. The number of para-hydroxylation sites is 1. The van der Waals surface area contributed by atoms with Crippen LogP contribution in [0.2, 0.25) is 0 Å². The number of amides is 1. The first-order valence-corrected chi connectivity index (χ1v) is 9.43. The number of rotatable bonds is 6. The molecule has 28 heavy (non-hydrogen) atoms. The zero-order valence-electron chi connectivity index (χ0n) is 16.5. The molecule has 0 atom stereocenters. The smallest absolute Gasteiger partial charge is 0.223 e. The van der Waals surface area contributed by atoms with Gasteiger partial charge in [-0.25, -0.2) is 4.68 Å². The SMILES string of the molecule is COc1ccccc1-c1nn(CCC(=O)N(C)C)c(=S)n1-c1ccc(C)cc1. The molecule has 0 aliphatic rings. The molecule has 0 radical (unpaired) electrons. The Balaban J connectivity index is 2.14. The van der Waals surface area contributed by atoms with Crippen LogP contribution in [0.3, 0.4) is 0 Å². The molecule has 0 aliphatic carbocycles. The van der Waals surface area contributed by atoms with E-state index in [2.05, 4.69) is 0 Å². The molecule has 7 heteroatoms. The van der Waals surface area contributed by atoms with Crippen molar-refractivity contribution >= 4 is 18.1 Å². The highest BCUT2D eigenvalue weighted by Crippen LogP contribution is 2.30. The van der Waals surface area contributed by atoms with Crippen LogP contribution in [0.4, 0.5) is 0 Å². The van der Waals surface area contributed by atoms with Gasteiger partial charge in [-0.2, -0.15) is 5.10 Å². The van der Waals surface area contributed by atoms with Crippen molar-refractivity contribution in [2.24, 2.45) is 0 Å². The predicted molar refractivity (Wildman–Crippen MR) is 112 cm³/mol. The summed E-state index contributed by atoms with van der Waals surface area (Å²) in [5, 5.41) is 4.74. The van der Waals surface area contributed by atoms with Gasteiger partial charge >= 0.3 is 0 Å². The Morgan fingerprint density at radius 2 is 1.82 bits per heavy atom. The average molecular weight is 397 g/mol. The minimum absolute atomic E-state index is 0.0330. The van der Waals surface area contributed by atoms with Gasteiger partial charge in [0.25, 0.3) is 0 Å². The lowest BCUT2D eigenvalue weighted by Gasteiger charge is -2.10. The monoisotopic (exact) mass is 396 g/mol. The second kappa shape index (κ2) is 8.39. The van der Waals surface area contributed by atoms with E-state index < -0.39 is 0 Å². The molecule has 0 bridgehead atoms. The zero-order valence-corrected chi connectivity index (χ0v) is 17.4. The molecular weight excluding hydrogens is 372 g/mol. The van der Waals surface area contributed by atoms with E-state index in [4.69, 9.17) is 22.1 Å². The first kappa shape index (κ1) is 19.8. The van der Waals surface area contributed by atoms with Gasteiger partial charge in [0.05, 0.1) is 19.2 Å². The van der Waals surface area contributed by atoms with Gasteiger partial charge in [0.1, 0.15) is 5.75 Å². The van der Waals surface area contributed by atoms with Crippen molar-refractivity contribution in [2.75, 3.05) is 21.2 Å². The molecule has 0 aliphatic heterocycles. The summed E-state index contributed by atoms with van der Waals surface area (Å²) in [4.78, 5) is 13.6. The highest BCUT2D eigenvalue weighted by molar-refractivity contribution is 7.71. The van der Waals surface area contributed by atoms with Crippen molar-refractivity contribution in [3.8, 4) is 22.8 Å². The molecule has 1 aromatic heterocycles. The largest absolute Gasteiger partial charge is 0.496 e. The highest BCUT2D eigenvalue weighted by Gasteiger charge is 2.18. The van der Waals surface area contributed by atoms with Gasteiger partial charge in [-0.1, -0.05) is 29.8 Å². The van der Waals surface area contributed by atoms with E-state index in [1.165, 1.54) is 0 Å². The summed E-state index contributed by atoms with van der Waals surface area (Å²) in [6.07, 6.45) is 0.331. The Labute approximate surface area is 170 Å². The van der Waals surface area contributed by atoms with Crippen molar-refractivity contribution in [3.63, 3.8) is 0 Å². The second-order valence-electron chi connectivity index (χ2n) is 6.74. The van der Waals surface area contributed by atoms with E-state index in [1.807, 2.05) is 60.0 Å². The third-order valence-electron chi connectivity index (χ3n) is 4.52. The number of nitrogens with zero attached hydrogens (tertiary/aromatic N) is 4. The number of hydrogen-bond acceptors (Lipinski definition) is 4. The number of carbonyl (C=O) groups is 1. The van der Waals surface area contributed by atoms with E-state index in [0.717, 1.165) is 16.8 Å². The summed E-state index contributed by atoms with van der Waals surface area (Å²) in [6.45, 7) is 2.46. The quantitative estimate of drug-likeness (QED) is 0.594. The maximum atomic E-state index is 12.0. The molecule has 0 saturated heterocycles. The summed E-state index contributed by atoms with van der Waals surface area (Å²) in [5.41, 5.74) is 2.93. The summed E-state index contributed by atoms with van der Waals surface area (Å²) < 4.78 is 9.70. The second-order valence-corrected chi connectivity index (χ2v) is 7.10.